The molecule has 1 aliphatic heterocycles. The highest BCUT2D eigenvalue weighted by molar-refractivity contribution is 8.18. The molecule has 160 valence electrons. The summed E-state index contributed by atoms with van der Waals surface area (Å²) in [6.45, 7) is 3.22. The van der Waals surface area contributed by atoms with Crippen LogP contribution in [0.15, 0.2) is 54.0 Å². The van der Waals surface area contributed by atoms with Crippen LogP contribution in [0.25, 0.3) is 6.08 Å². The Balaban J connectivity index is 1.79. The third-order valence-electron chi connectivity index (χ3n) is 4.38. The zero-order valence-electron chi connectivity index (χ0n) is 16.6. The van der Waals surface area contributed by atoms with Gasteiger partial charge in [0.05, 0.1) is 22.7 Å². The van der Waals surface area contributed by atoms with Gasteiger partial charge in [0.1, 0.15) is 6.54 Å². The van der Waals surface area contributed by atoms with E-state index in [9.17, 15) is 19.5 Å². The van der Waals surface area contributed by atoms with E-state index in [-0.39, 0.29) is 16.4 Å². The zero-order chi connectivity index (χ0) is 22.5. The van der Waals surface area contributed by atoms with Crippen LogP contribution in [0.3, 0.4) is 0 Å². The van der Waals surface area contributed by atoms with Gasteiger partial charge in [0.25, 0.3) is 11.1 Å². The van der Waals surface area contributed by atoms with Crippen LogP contribution < -0.4 is 10.1 Å². The first kappa shape index (κ1) is 22.5. The topological polar surface area (TPSA) is 95.9 Å². The summed E-state index contributed by atoms with van der Waals surface area (Å²) in [7, 11) is 1.42. The Hall–Kier alpha value is -3.23. The minimum atomic E-state index is -0.582. The van der Waals surface area contributed by atoms with Crippen LogP contribution in [0.1, 0.15) is 11.1 Å². The van der Waals surface area contributed by atoms with E-state index in [1.165, 1.54) is 13.2 Å². The third kappa shape index (κ3) is 5.10. The van der Waals surface area contributed by atoms with Gasteiger partial charge in [-0.2, -0.15) is 0 Å². The van der Waals surface area contributed by atoms with Crippen molar-refractivity contribution in [2.75, 3.05) is 19.0 Å². The molecule has 9 heteroatoms. The van der Waals surface area contributed by atoms with Crippen molar-refractivity contribution < 1.29 is 24.2 Å². The Labute approximate surface area is 188 Å². The fourth-order valence-electron chi connectivity index (χ4n) is 2.92. The maximum Gasteiger partial charge on any atom is 0.294 e. The van der Waals surface area contributed by atoms with E-state index in [1.807, 2.05) is 0 Å². The van der Waals surface area contributed by atoms with Crippen molar-refractivity contribution in [1.82, 2.24) is 4.90 Å². The molecule has 1 fully saturated rings. The second-order valence-corrected chi connectivity index (χ2v) is 7.92. The maximum absolute atomic E-state index is 12.7. The number of aromatic hydroxyl groups is 1. The largest absolute Gasteiger partial charge is 0.504 e. The molecular formula is C22H19ClN2O5S. The van der Waals surface area contributed by atoms with Gasteiger partial charge in [0, 0.05) is 5.56 Å². The lowest BCUT2D eigenvalue weighted by Gasteiger charge is -2.13. The Kier molecular flexibility index (Phi) is 7.04. The number of hydrogen-bond acceptors (Lipinski definition) is 6. The Bertz CT molecular complexity index is 1100. The summed E-state index contributed by atoms with van der Waals surface area (Å²) in [5.74, 6) is -0.898. The highest BCUT2D eigenvalue weighted by Crippen LogP contribution is 2.36. The number of halogens is 1. The molecule has 0 aromatic heterocycles. The molecular weight excluding hydrogens is 440 g/mol. The quantitative estimate of drug-likeness (QED) is 0.470. The zero-order valence-corrected chi connectivity index (χ0v) is 18.1. The first-order chi connectivity index (χ1) is 14.8. The van der Waals surface area contributed by atoms with E-state index < -0.39 is 23.6 Å². The first-order valence-corrected chi connectivity index (χ1v) is 10.3. The maximum atomic E-state index is 12.7. The molecule has 7 nitrogen and oxygen atoms in total. The van der Waals surface area contributed by atoms with E-state index in [2.05, 4.69) is 11.9 Å². The van der Waals surface area contributed by atoms with E-state index in [0.29, 0.717) is 28.3 Å². The SMILES string of the molecule is C=CCc1cc(/C=C2/SC(=O)N(CC(=O)Nc3ccccc3Cl)C2=O)cc(OC)c1O. The predicted molar refractivity (Wildman–Crippen MR) is 121 cm³/mol. The monoisotopic (exact) mass is 458 g/mol. The summed E-state index contributed by atoms with van der Waals surface area (Å²) in [6, 6.07) is 9.89. The number of para-hydroxylation sites is 1. The fourth-order valence-corrected chi connectivity index (χ4v) is 3.94. The molecule has 2 aromatic carbocycles. The number of phenols is 1. The molecule has 0 spiro atoms. The number of nitrogens with zero attached hydrogens (tertiary/aromatic N) is 1. The number of hydrogen-bond donors (Lipinski definition) is 2. The van der Waals surface area contributed by atoms with Crippen molar-refractivity contribution in [1.29, 1.82) is 0 Å². The Morgan fingerprint density at radius 3 is 2.74 bits per heavy atom. The van der Waals surface area contributed by atoms with Crippen molar-refractivity contribution in [2.45, 2.75) is 6.42 Å². The average Bonchev–Trinajstić information content (AvgIpc) is 2.99. The lowest BCUT2D eigenvalue weighted by molar-refractivity contribution is -0.127. The summed E-state index contributed by atoms with van der Waals surface area (Å²) < 4.78 is 5.18. The second kappa shape index (κ2) is 9.72. The lowest BCUT2D eigenvalue weighted by atomic mass is 10.1. The van der Waals surface area contributed by atoms with Gasteiger partial charge in [-0.15, -0.1) is 6.58 Å². The third-order valence-corrected chi connectivity index (χ3v) is 5.62. The van der Waals surface area contributed by atoms with Gasteiger partial charge in [0.2, 0.25) is 5.91 Å². The van der Waals surface area contributed by atoms with Crippen molar-refractivity contribution >= 4 is 52.2 Å². The minimum Gasteiger partial charge on any atom is -0.504 e. The van der Waals surface area contributed by atoms with Crippen molar-refractivity contribution in [3.63, 3.8) is 0 Å². The van der Waals surface area contributed by atoms with Gasteiger partial charge in [-0.25, -0.2) is 0 Å². The average molecular weight is 459 g/mol. The number of rotatable bonds is 7. The van der Waals surface area contributed by atoms with Crippen LogP contribution >= 0.6 is 23.4 Å². The summed E-state index contributed by atoms with van der Waals surface area (Å²) >= 11 is 6.75. The van der Waals surface area contributed by atoms with E-state index in [4.69, 9.17) is 16.3 Å². The Morgan fingerprint density at radius 1 is 1.32 bits per heavy atom. The van der Waals surface area contributed by atoms with Crippen LogP contribution in [0.5, 0.6) is 11.5 Å². The van der Waals surface area contributed by atoms with Crippen LogP contribution in [-0.4, -0.2) is 40.7 Å². The molecule has 0 atom stereocenters. The van der Waals surface area contributed by atoms with Gasteiger partial charge in [-0.3, -0.25) is 19.3 Å². The van der Waals surface area contributed by atoms with E-state index >= 15 is 0 Å². The molecule has 0 unspecified atom stereocenters. The van der Waals surface area contributed by atoms with Crippen LogP contribution in [0, 0.1) is 0 Å². The molecule has 1 aliphatic rings. The number of carbonyl (C=O) groups excluding carboxylic acids is 3. The number of nitrogens with one attached hydrogen (secondary N) is 1. The van der Waals surface area contributed by atoms with Crippen molar-refractivity contribution in [3.05, 3.63) is 70.1 Å². The Morgan fingerprint density at radius 2 is 2.06 bits per heavy atom. The number of thioether (sulfide) groups is 1. The van der Waals surface area contributed by atoms with E-state index in [1.54, 1.807) is 42.5 Å². The summed E-state index contributed by atoms with van der Waals surface area (Å²) in [5, 5.41) is 12.6. The van der Waals surface area contributed by atoms with Crippen LogP contribution in [-0.2, 0) is 16.0 Å². The lowest BCUT2D eigenvalue weighted by Crippen LogP contribution is -2.36. The molecule has 0 saturated carbocycles. The van der Waals surface area contributed by atoms with Crippen LogP contribution in [0.4, 0.5) is 10.5 Å². The smallest absolute Gasteiger partial charge is 0.294 e. The van der Waals surface area contributed by atoms with Gasteiger partial charge in [-0.1, -0.05) is 29.8 Å². The van der Waals surface area contributed by atoms with Crippen LogP contribution in [0.2, 0.25) is 5.02 Å². The number of benzene rings is 2. The van der Waals surface area contributed by atoms with Crippen molar-refractivity contribution in [2.24, 2.45) is 0 Å². The van der Waals surface area contributed by atoms with Gasteiger partial charge in [-0.05, 0) is 54.1 Å². The predicted octanol–water partition coefficient (Wildman–Crippen LogP) is 4.46. The minimum absolute atomic E-state index is 0.0103. The molecule has 0 radical (unpaired) electrons. The normalized spacial score (nSPS) is 14.8. The molecule has 31 heavy (non-hydrogen) atoms. The van der Waals surface area contributed by atoms with Gasteiger partial charge < -0.3 is 15.2 Å². The molecule has 3 rings (SSSR count). The summed E-state index contributed by atoms with van der Waals surface area (Å²) in [6.07, 6.45) is 3.54. The molecule has 2 aromatic rings. The number of methoxy groups -OCH3 is 1. The molecule has 0 aliphatic carbocycles. The first-order valence-electron chi connectivity index (χ1n) is 9.14. The molecule has 1 saturated heterocycles. The number of allylic oxidation sites excluding steroid dienone is 1. The van der Waals surface area contributed by atoms with Gasteiger partial charge in [0.15, 0.2) is 11.5 Å². The highest BCUT2D eigenvalue weighted by Gasteiger charge is 2.36. The summed E-state index contributed by atoms with van der Waals surface area (Å²) in [5.41, 5.74) is 1.53. The number of amides is 3. The second-order valence-electron chi connectivity index (χ2n) is 6.52. The number of ether oxygens (including phenoxy) is 1. The molecule has 1 heterocycles. The van der Waals surface area contributed by atoms with Gasteiger partial charge >= 0.3 is 0 Å². The standard InChI is InChI=1S/C22H19ClN2O5S/c1-3-6-14-9-13(10-17(30-2)20(14)27)11-18-21(28)25(22(29)31-18)12-19(26)24-16-8-5-4-7-15(16)23/h3-5,7-11,27H,1,6,12H2,2H3,(H,24,26)/b18-11+. The number of anilines is 1. The highest BCUT2D eigenvalue weighted by atomic mass is 35.5. The molecule has 0 bridgehead atoms. The number of phenolic OH excluding ortho intramolecular Hbond substituents is 1. The molecule has 2 N–H and O–H groups in total. The van der Waals surface area contributed by atoms with Crippen molar-refractivity contribution in [3.8, 4) is 11.5 Å². The number of carbonyl (C=O) groups is 3. The summed E-state index contributed by atoms with van der Waals surface area (Å²) in [4.78, 5) is 38.4. The fraction of sp³-hybridized carbons (Fsp3) is 0.136. The molecule has 3 amide bonds. The number of imide groups is 1. The van der Waals surface area contributed by atoms with E-state index in [0.717, 1.165) is 16.7 Å².